The summed E-state index contributed by atoms with van der Waals surface area (Å²) >= 11 is 1.60. The molecular formula is C21H26N3OS+. The van der Waals surface area contributed by atoms with Crippen LogP contribution in [0.3, 0.4) is 0 Å². The number of likely N-dealkylation sites (N-methyl/N-ethyl adjacent to an activating group) is 1. The van der Waals surface area contributed by atoms with Crippen molar-refractivity contribution >= 4 is 32.6 Å². The minimum Gasteiger partial charge on any atom is -0.338 e. The molecule has 26 heavy (non-hydrogen) atoms. The number of thiazole rings is 1. The van der Waals surface area contributed by atoms with Gasteiger partial charge >= 0.3 is 0 Å². The molecule has 0 aliphatic rings. The molecule has 4 nitrogen and oxygen atoms in total. The van der Waals surface area contributed by atoms with Gasteiger partial charge in [-0.1, -0.05) is 35.1 Å². The van der Waals surface area contributed by atoms with Crippen LogP contribution < -0.4 is 9.80 Å². The third kappa shape index (κ3) is 3.94. The van der Waals surface area contributed by atoms with Gasteiger partial charge in [-0.15, -0.1) is 0 Å². The number of rotatable bonds is 5. The van der Waals surface area contributed by atoms with E-state index in [1.165, 1.54) is 16.0 Å². The molecule has 1 N–H and O–H groups in total. The second-order valence-electron chi connectivity index (χ2n) is 7.21. The van der Waals surface area contributed by atoms with Gasteiger partial charge in [0.15, 0.2) is 5.13 Å². The van der Waals surface area contributed by atoms with Crippen LogP contribution in [-0.2, 0) is 0 Å². The summed E-state index contributed by atoms with van der Waals surface area (Å²) in [5.41, 5.74) is 5.24. The van der Waals surface area contributed by atoms with Gasteiger partial charge in [-0.2, -0.15) is 0 Å². The molecule has 0 spiro atoms. The number of carbonyl (C=O) groups is 1. The average molecular weight is 369 g/mol. The molecular weight excluding hydrogens is 342 g/mol. The quantitative estimate of drug-likeness (QED) is 0.752. The predicted octanol–water partition coefficient (Wildman–Crippen LogP) is 3.01. The third-order valence-corrected chi connectivity index (χ3v) is 5.65. The molecule has 1 aromatic heterocycles. The molecule has 1 heterocycles. The number of amides is 1. The minimum atomic E-state index is 0.0136. The maximum atomic E-state index is 13.2. The highest BCUT2D eigenvalue weighted by Crippen LogP contribution is 2.32. The molecule has 136 valence electrons. The number of benzene rings is 2. The van der Waals surface area contributed by atoms with E-state index in [1.807, 2.05) is 36.1 Å². The summed E-state index contributed by atoms with van der Waals surface area (Å²) in [4.78, 5) is 21.1. The summed E-state index contributed by atoms with van der Waals surface area (Å²) in [6, 6.07) is 12.0. The number of anilines is 1. The normalized spacial score (nSPS) is 11.3. The van der Waals surface area contributed by atoms with Crippen molar-refractivity contribution in [3.63, 3.8) is 0 Å². The SMILES string of the molecule is Cc1ccc(C(=O)N(CC[NH+](C)C)c2nc3cc(C)cc(C)c3s2)cc1. The van der Waals surface area contributed by atoms with E-state index in [4.69, 9.17) is 4.98 Å². The highest BCUT2D eigenvalue weighted by Gasteiger charge is 2.22. The van der Waals surface area contributed by atoms with Crippen LogP contribution in [0, 0.1) is 20.8 Å². The van der Waals surface area contributed by atoms with E-state index in [2.05, 4.69) is 40.1 Å². The van der Waals surface area contributed by atoms with Crippen LogP contribution in [0.5, 0.6) is 0 Å². The Balaban J connectivity index is 2.01. The molecule has 0 fully saturated rings. The molecule has 0 unspecified atom stereocenters. The van der Waals surface area contributed by atoms with Gasteiger partial charge < -0.3 is 4.90 Å². The van der Waals surface area contributed by atoms with Crippen LogP contribution in [0.15, 0.2) is 36.4 Å². The van der Waals surface area contributed by atoms with Crippen molar-refractivity contribution in [1.82, 2.24) is 4.98 Å². The lowest BCUT2D eigenvalue weighted by molar-refractivity contribution is -0.856. The lowest BCUT2D eigenvalue weighted by Gasteiger charge is -2.20. The van der Waals surface area contributed by atoms with E-state index in [9.17, 15) is 4.79 Å². The monoisotopic (exact) mass is 368 g/mol. The fourth-order valence-corrected chi connectivity index (χ4v) is 3.99. The Morgan fingerprint density at radius 3 is 2.42 bits per heavy atom. The Morgan fingerprint density at radius 2 is 1.77 bits per heavy atom. The highest BCUT2D eigenvalue weighted by atomic mass is 32.1. The van der Waals surface area contributed by atoms with Crippen molar-refractivity contribution in [2.45, 2.75) is 20.8 Å². The van der Waals surface area contributed by atoms with Gasteiger partial charge in [0.2, 0.25) is 0 Å². The second-order valence-corrected chi connectivity index (χ2v) is 8.18. The fraction of sp³-hybridized carbons (Fsp3) is 0.333. The molecule has 1 amide bonds. The molecule has 0 radical (unpaired) electrons. The van der Waals surface area contributed by atoms with Gasteiger partial charge in [-0.3, -0.25) is 9.69 Å². The van der Waals surface area contributed by atoms with Gasteiger partial charge in [-0.25, -0.2) is 4.98 Å². The number of fused-ring (bicyclic) bond motifs is 1. The van der Waals surface area contributed by atoms with E-state index in [0.717, 1.165) is 27.5 Å². The number of aryl methyl sites for hydroxylation is 3. The zero-order chi connectivity index (χ0) is 18.8. The summed E-state index contributed by atoms with van der Waals surface area (Å²) in [6.45, 7) is 7.72. The lowest BCUT2D eigenvalue weighted by atomic mass is 10.1. The molecule has 0 atom stereocenters. The molecule has 0 bridgehead atoms. The van der Waals surface area contributed by atoms with Gasteiger partial charge in [-0.05, 0) is 50.1 Å². The van der Waals surface area contributed by atoms with E-state index < -0.39 is 0 Å². The van der Waals surface area contributed by atoms with Crippen LogP contribution in [0.1, 0.15) is 27.0 Å². The van der Waals surface area contributed by atoms with E-state index in [1.54, 1.807) is 11.3 Å². The largest absolute Gasteiger partial charge is 0.338 e. The maximum absolute atomic E-state index is 13.2. The smallest absolute Gasteiger partial charge is 0.260 e. The van der Waals surface area contributed by atoms with Crippen molar-refractivity contribution in [3.8, 4) is 0 Å². The molecule has 0 saturated carbocycles. The number of hydrogen-bond acceptors (Lipinski definition) is 3. The van der Waals surface area contributed by atoms with Crippen LogP contribution in [0.4, 0.5) is 5.13 Å². The zero-order valence-electron chi connectivity index (χ0n) is 16.1. The Hall–Kier alpha value is -2.24. The number of hydrogen-bond donors (Lipinski definition) is 1. The minimum absolute atomic E-state index is 0.0136. The first-order chi connectivity index (χ1) is 12.3. The van der Waals surface area contributed by atoms with Gasteiger partial charge in [0.25, 0.3) is 5.91 Å². The molecule has 2 aromatic carbocycles. The van der Waals surface area contributed by atoms with Crippen molar-refractivity contribution in [1.29, 1.82) is 0 Å². The van der Waals surface area contributed by atoms with Gasteiger partial charge in [0.05, 0.1) is 37.4 Å². The molecule has 0 aliphatic carbocycles. The Labute approximate surface area is 159 Å². The summed E-state index contributed by atoms with van der Waals surface area (Å²) in [5.74, 6) is 0.0136. The standard InChI is InChI=1S/C21H25N3OS/c1-14-6-8-17(9-7-14)20(25)24(11-10-23(4)5)21-22-18-13-15(2)12-16(3)19(18)26-21/h6-9,12-13H,10-11H2,1-5H3/p+1. The molecule has 0 aliphatic heterocycles. The number of nitrogens with one attached hydrogen (secondary N) is 1. The highest BCUT2D eigenvalue weighted by molar-refractivity contribution is 7.22. The summed E-state index contributed by atoms with van der Waals surface area (Å²) in [7, 11) is 4.20. The zero-order valence-corrected chi connectivity index (χ0v) is 16.9. The summed E-state index contributed by atoms with van der Waals surface area (Å²) < 4.78 is 1.16. The first-order valence-electron chi connectivity index (χ1n) is 8.90. The van der Waals surface area contributed by atoms with Crippen molar-refractivity contribution in [2.24, 2.45) is 0 Å². The van der Waals surface area contributed by atoms with Gasteiger partial charge in [0.1, 0.15) is 0 Å². The van der Waals surface area contributed by atoms with E-state index in [0.29, 0.717) is 12.1 Å². The number of aromatic nitrogens is 1. The maximum Gasteiger partial charge on any atom is 0.260 e. The number of nitrogens with zero attached hydrogens (tertiary/aromatic N) is 2. The Kier molecular flexibility index (Phi) is 5.39. The Morgan fingerprint density at radius 1 is 1.08 bits per heavy atom. The number of carbonyl (C=O) groups excluding carboxylic acids is 1. The molecule has 3 aromatic rings. The predicted molar refractivity (Wildman–Crippen MR) is 110 cm³/mol. The summed E-state index contributed by atoms with van der Waals surface area (Å²) in [6.07, 6.45) is 0. The second kappa shape index (κ2) is 7.56. The van der Waals surface area contributed by atoms with Crippen LogP contribution in [0.25, 0.3) is 10.2 Å². The van der Waals surface area contributed by atoms with Crippen LogP contribution in [-0.4, -0.2) is 38.1 Å². The Bertz CT molecular complexity index is 928. The molecule has 3 rings (SSSR count). The molecule has 5 heteroatoms. The lowest BCUT2D eigenvalue weighted by Crippen LogP contribution is -3.06. The summed E-state index contributed by atoms with van der Waals surface area (Å²) in [5, 5.41) is 0.778. The van der Waals surface area contributed by atoms with E-state index >= 15 is 0 Å². The van der Waals surface area contributed by atoms with Gasteiger partial charge in [0, 0.05) is 5.56 Å². The third-order valence-electron chi connectivity index (χ3n) is 4.42. The number of quaternary nitrogens is 1. The van der Waals surface area contributed by atoms with Crippen molar-refractivity contribution < 1.29 is 9.69 Å². The van der Waals surface area contributed by atoms with Crippen LogP contribution in [0.2, 0.25) is 0 Å². The van der Waals surface area contributed by atoms with E-state index in [-0.39, 0.29) is 5.91 Å². The fourth-order valence-electron chi connectivity index (χ4n) is 2.95. The average Bonchev–Trinajstić information content (AvgIpc) is 2.99. The van der Waals surface area contributed by atoms with Crippen molar-refractivity contribution in [2.75, 3.05) is 32.1 Å². The topological polar surface area (TPSA) is 37.6 Å². The van der Waals surface area contributed by atoms with Crippen molar-refractivity contribution in [3.05, 3.63) is 58.7 Å². The molecule has 0 saturated heterocycles. The first kappa shape index (κ1) is 18.5. The van der Waals surface area contributed by atoms with Crippen LogP contribution >= 0.6 is 11.3 Å². The first-order valence-corrected chi connectivity index (χ1v) is 9.72.